The van der Waals surface area contributed by atoms with Crippen molar-refractivity contribution in [2.45, 2.75) is 20.3 Å². The zero-order valence-electron chi connectivity index (χ0n) is 15.1. The van der Waals surface area contributed by atoms with E-state index in [1.165, 1.54) is 15.9 Å². The predicted octanol–water partition coefficient (Wildman–Crippen LogP) is 2.80. The Hall–Kier alpha value is -3.41. The van der Waals surface area contributed by atoms with E-state index < -0.39 is 0 Å². The van der Waals surface area contributed by atoms with Crippen LogP contribution in [0, 0.1) is 29.6 Å². The van der Waals surface area contributed by atoms with Crippen molar-refractivity contribution in [2.75, 3.05) is 0 Å². The van der Waals surface area contributed by atoms with Gasteiger partial charge in [0.2, 0.25) is 0 Å². The van der Waals surface area contributed by atoms with Crippen LogP contribution in [-0.4, -0.2) is 4.57 Å². The molecule has 1 aromatic heterocycles. The third kappa shape index (κ3) is 3.74. The van der Waals surface area contributed by atoms with Crippen LogP contribution in [0.2, 0.25) is 0 Å². The van der Waals surface area contributed by atoms with Gasteiger partial charge < -0.3 is 0 Å². The Balaban J connectivity index is 2.39. The summed E-state index contributed by atoms with van der Waals surface area (Å²) in [5, 5.41) is 18.7. The molecule has 3 aromatic rings. The molecule has 0 N–H and O–H groups in total. The van der Waals surface area contributed by atoms with Gasteiger partial charge in [-0.25, -0.2) is 0 Å². The molecule has 0 amide bonds. The summed E-state index contributed by atoms with van der Waals surface area (Å²) in [6, 6.07) is 19.3. The molecule has 0 unspecified atom stereocenters. The molecule has 1 heterocycles. The topological polar surface area (TPSA) is 69.6 Å². The van der Waals surface area contributed by atoms with Crippen molar-refractivity contribution < 1.29 is 0 Å². The largest absolute Gasteiger partial charge is 0.273 e. The number of nitriles is 2. The number of benzene rings is 2. The van der Waals surface area contributed by atoms with Gasteiger partial charge in [-0.05, 0) is 42.7 Å². The fraction of sp³-hybridized carbons (Fsp3) is 0.136. The minimum absolute atomic E-state index is 0.0668. The molecule has 0 saturated carbocycles. The Morgan fingerprint density at radius 1 is 1.15 bits per heavy atom. The van der Waals surface area contributed by atoms with Crippen molar-refractivity contribution in [2.24, 2.45) is 0 Å². The number of aromatic nitrogens is 1. The summed E-state index contributed by atoms with van der Waals surface area (Å²) in [6.07, 6.45) is 2.63. The van der Waals surface area contributed by atoms with Crippen molar-refractivity contribution in [1.29, 1.82) is 10.5 Å². The van der Waals surface area contributed by atoms with Crippen LogP contribution in [0.15, 0.2) is 53.3 Å². The molecule has 0 atom stereocenters. The van der Waals surface area contributed by atoms with Gasteiger partial charge in [0.15, 0.2) is 5.57 Å². The molecule has 4 nitrogen and oxygen atoms in total. The summed E-state index contributed by atoms with van der Waals surface area (Å²) >= 11 is 1.17. The Labute approximate surface area is 161 Å². The maximum Gasteiger partial charge on any atom is 0.273 e. The van der Waals surface area contributed by atoms with Crippen LogP contribution in [0.4, 0.5) is 0 Å². The highest BCUT2D eigenvalue weighted by atomic mass is 32.1. The number of hydrogen-bond acceptors (Lipinski definition) is 4. The predicted molar refractivity (Wildman–Crippen MR) is 108 cm³/mol. The van der Waals surface area contributed by atoms with Crippen molar-refractivity contribution in [3.63, 3.8) is 0 Å². The van der Waals surface area contributed by atoms with Crippen molar-refractivity contribution in [3.8, 4) is 17.8 Å². The van der Waals surface area contributed by atoms with Crippen LogP contribution >= 0.6 is 11.3 Å². The molecule has 0 radical (unpaired) electrons. The first-order chi connectivity index (χ1) is 13.1. The van der Waals surface area contributed by atoms with Gasteiger partial charge in [0.1, 0.15) is 16.8 Å². The highest BCUT2D eigenvalue weighted by Gasteiger charge is 2.11. The first-order valence-electron chi connectivity index (χ1n) is 8.51. The van der Waals surface area contributed by atoms with Gasteiger partial charge >= 0.3 is 0 Å². The molecule has 27 heavy (non-hydrogen) atoms. The SMILES string of the molecule is CCc1cccc(-n2c(=C(C#N)C#N)s/c(=C/c3cccc(C)c3)c2=O)c1. The zero-order chi connectivity index (χ0) is 19.4. The lowest BCUT2D eigenvalue weighted by molar-refractivity contribution is 0.979. The normalized spacial score (nSPS) is 11.0. The van der Waals surface area contributed by atoms with Gasteiger partial charge in [-0.1, -0.05) is 48.9 Å². The maximum absolute atomic E-state index is 13.1. The average molecular weight is 371 g/mol. The lowest BCUT2D eigenvalue weighted by Crippen LogP contribution is -2.30. The molecule has 0 aliphatic rings. The lowest BCUT2D eigenvalue weighted by atomic mass is 10.1. The van der Waals surface area contributed by atoms with E-state index in [4.69, 9.17) is 0 Å². The first kappa shape index (κ1) is 18.4. The fourth-order valence-electron chi connectivity index (χ4n) is 2.83. The van der Waals surface area contributed by atoms with E-state index >= 15 is 0 Å². The summed E-state index contributed by atoms with van der Waals surface area (Å²) in [6.45, 7) is 4.03. The zero-order valence-corrected chi connectivity index (χ0v) is 15.9. The third-order valence-corrected chi connectivity index (χ3v) is 5.27. The second kappa shape index (κ2) is 7.86. The molecule has 0 aliphatic heterocycles. The van der Waals surface area contributed by atoms with Crippen LogP contribution in [0.5, 0.6) is 0 Å². The van der Waals surface area contributed by atoms with Crippen LogP contribution < -0.4 is 14.8 Å². The van der Waals surface area contributed by atoms with E-state index in [0.29, 0.717) is 14.9 Å². The van der Waals surface area contributed by atoms with Gasteiger partial charge in [0, 0.05) is 0 Å². The van der Waals surface area contributed by atoms with E-state index in [1.807, 2.05) is 74.5 Å². The summed E-state index contributed by atoms with van der Waals surface area (Å²) in [5.41, 5.74) is 3.45. The average Bonchev–Trinajstić information content (AvgIpc) is 2.99. The van der Waals surface area contributed by atoms with Crippen molar-refractivity contribution >= 4 is 23.0 Å². The summed E-state index contributed by atoms with van der Waals surface area (Å²) < 4.78 is 2.31. The van der Waals surface area contributed by atoms with Crippen molar-refractivity contribution in [3.05, 3.63) is 84.8 Å². The smallest absolute Gasteiger partial charge is 0.267 e. The molecule has 0 spiro atoms. The summed E-state index contributed by atoms with van der Waals surface area (Å²) in [4.78, 5) is 13.1. The Kier molecular flexibility index (Phi) is 5.35. The minimum Gasteiger partial charge on any atom is -0.267 e. The molecule has 0 saturated heterocycles. The van der Waals surface area contributed by atoms with Crippen LogP contribution in [0.1, 0.15) is 23.6 Å². The number of hydrogen-bond donors (Lipinski definition) is 0. The molecule has 0 aliphatic carbocycles. The number of rotatable bonds is 3. The van der Waals surface area contributed by atoms with E-state index in [9.17, 15) is 15.3 Å². The monoisotopic (exact) mass is 371 g/mol. The molecule has 2 aromatic carbocycles. The molecule has 5 heteroatoms. The maximum atomic E-state index is 13.1. The van der Waals surface area contributed by atoms with E-state index in [0.717, 1.165) is 23.1 Å². The molecule has 132 valence electrons. The van der Waals surface area contributed by atoms with E-state index in [2.05, 4.69) is 0 Å². The number of nitrogens with zero attached hydrogens (tertiary/aromatic N) is 3. The van der Waals surface area contributed by atoms with Gasteiger partial charge in [-0.15, -0.1) is 11.3 Å². The highest BCUT2D eigenvalue weighted by molar-refractivity contribution is 7.07. The Bertz CT molecular complexity index is 1250. The minimum atomic E-state index is -0.229. The molecular weight excluding hydrogens is 354 g/mol. The van der Waals surface area contributed by atoms with Gasteiger partial charge in [0.05, 0.1) is 10.2 Å². The molecule has 0 fully saturated rings. The Morgan fingerprint density at radius 3 is 2.56 bits per heavy atom. The Morgan fingerprint density at radius 2 is 1.89 bits per heavy atom. The van der Waals surface area contributed by atoms with Gasteiger partial charge in [-0.2, -0.15) is 10.5 Å². The van der Waals surface area contributed by atoms with Gasteiger partial charge in [-0.3, -0.25) is 9.36 Å². The third-order valence-electron chi connectivity index (χ3n) is 4.18. The van der Waals surface area contributed by atoms with E-state index in [-0.39, 0.29) is 11.1 Å². The van der Waals surface area contributed by atoms with Crippen LogP contribution in [0.3, 0.4) is 0 Å². The molecule has 0 bridgehead atoms. The molecular formula is C22H17N3OS. The lowest BCUT2D eigenvalue weighted by Gasteiger charge is -2.04. The summed E-state index contributed by atoms with van der Waals surface area (Å²) in [5.74, 6) is 0. The van der Waals surface area contributed by atoms with Crippen LogP contribution in [0.25, 0.3) is 17.3 Å². The highest BCUT2D eigenvalue weighted by Crippen LogP contribution is 2.09. The van der Waals surface area contributed by atoms with Crippen molar-refractivity contribution in [1.82, 2.24) is 4.57 Å². The quantitative estimate of drug-likeness (QED) is 0.711. The van der Waals surface area contributed by atoms with Gasteiger partial charge in [0.25, 0.3) is 5.56 Å². The van der Waals surface area contributed by atoms with Crippen LogP contribution in [-0.2, 0) is 6.42 Å². The summed E-state index contributed by atoms with van der Waals surface area (Å²) in [7, 11) is 0. The first-order valence-corrected chi connectivity index (χ1v) is 9.33. The standard InChI is InChI=1S/C22H17N3OS/c1-3-16-7-5-9-19(11-16)25-21(26)20(27-22(25)18(13-23)14-24)12-17-8-4-6-15(2)10-17/h4-12H,3H2,1-2H3/b20-12+. The fourth-order valence-corrected chi connectivity index (χ4v) is 3.89. The number of thiazole rings is 1. The number of aryl methyl sites for hydroxylation is 2. The molecule has 3 rings (SSSR count). The second-order valence-corrected chi connectivity index (χ2v) is 7.12. The second-order valence-electron chi connectivity index (χ2n) is 6.09. The van der Waals surface area contributed by atoms with E-state index in [1.54, 1.807) is 6.08 Å².